The van der Waals surface area contributed by atoms with Crippen molar-refractivity contribution in [1.29, 1.82) is 0 Å². The van der Waals surface area contributed by atoms with Crippen molar-refractivity contribution in [2.75, 3.05) is 11.9 Å². The molecule has 0 amide bonds. The molecule has 0 spiro atoms. The zero-order valence-electron chi connectivity index (χ0n) is 9.98. The summed E-state index contributed by atoms with van der Waals surface area (Å²) in [5.41, 5.74) is 0.906. The van der Waals surface area contributed by atoms with Gasteiger partial charge in [-0.15, -0.1) is 0 Å². The van der Waals surface area contributed by atoms with Crippen molar-refractivity contribution in [2.24, 2.45) is 5.92 Å². The lowest BCUT2D eigenvalue weighted by atomic mass is 10.0. The quantitative estimate of drug-likeness (QED) is 0.867. The van der Waals surface area contributed by atoms with Crippen LogP contribution in [0, 0.1) is 5.92 Å². The van der Waals surface area contributed by atoms with E-state index < -0.39 is 0 Å². The van der Waals surface area contributed by atoms with Crippen LogP contribution in [0.5, 0.6) is 0 Å². The normalized spacial score (nSPS) is 16.7. The second kappa shape index (κ2) is 4.78. The summed E-state index contributed by atoms with van der Waals surface area (Å²) in [5.74, 6) is 1.88. The fraction of sp³-hybridized carbons (Fsp3) is 0.500. The van der Waals surface area contributed by atoms with Gasteiger partial charge in [-0.05, 0) is 24.5 Å². The fourth-order valence-corrected chi connectivity index (χ4v) is 2.73. The van der Waals surface area contributed by atoms with Crippen molar-refractivity contribution in [3.05, 3.63) is 24.6 Å². The molecule has 90 valence electrons. The number of fused-ring (bicyclic) bond motifs is 1. The summed E-state index contributed by atoms with van der Waals surface area (Å²) in [5, 5.41) is 4.51. The minimum Gasteiger partial charge on any atom is -0.464 e. The molecule has 2 heterocycles. The molecule has 0 atom stereocenters. The molecule has 1 N–H and O–H groups in total. The lowest BCUT2D eigenvalue weighted by Crippen LogP contribution is -2.07. The average molecular weight is 230 g/mol. The SMILES string of the molecule is c1cc2occc2c(NCCC2CCCC2)n1. The third kappa shape index (κ3) is 2.28. The van der Waals surface area contributed by atoms with Gasteiger partial charge in [0.25, 0.3) is 0 Å². The van der Waals surface area contributed by atoms with Crippen LogP contribution in [0.2, 0.25) is 0 Å². The van der Waals surface area contributed by atoms with E-state index in [4.69, 9.17) is 4.42 Å². The predicted molar refractivity (Wildman–Crippen MR) is 69.1 cm³/mol. The zero-order chi connectivity index (χ0) is 11.5. The molecule has 0 radical (unpaired) electrons. The second-order valence-corrected chi connectivity index (χ2v) is 4.86. The Morgan fingerprint density at radius 3 is 3.06 bits per heavy atom. The van der Waals surface area contributed by atoms with E-state index in [1.54, 1.807) is 12.5 Å². The molecule has 17 heavy (non-hydrogen) atoms. The van der Waals surface area contributed by atoms with Gasteiger partial charge in [-0.3, -0.25) is 0 Å². The van der Waals surface area contributed by atoms with Crippen LogP contribution in [0.4, 0.5) is 5.82 Å². The van der Waals surface area contributed by atoms with Gasteiger partial charge >= 0.3 is 0 Å². The number of nitrogens with one attached hydrogen (secondary N) is 1. The first kappa shape index (κ1) is 10.6. The largest absolute Gasteiger partial charge is 0.464 e. The van der Waals surface area contributed by atoms with Crippen molar-refractivity contribution in [1.82, 2.24) is 4.98 Å². The van der Waals surface area contributed by atoms with Gasteiger partial charge in [0.05, 0.1) is 11.6 Å². The monoisotopic (exact) mass is 230 g/mol. The molecule has 3 nitrogen and oxygen atoms in total. The van der Waals surface area contributed by atoms with Gasteiger partial charge in [0, 0.05) is 12.7 Å². The van der Waals surface area contributed by atoms with Gasteiger partial charge < -0.3 is 9.73 Å². The summed E-state index contributed by atoms with van der Waals surface area (Å²) in [7, 11) is 0. The van der Waals surface area contributed by atoms with Crippen LogP contribution in [0.15, 0.2) is 29.0 Å². The molecule has 1 saturated carbocycles. The highest BCUT2D eigenvalue weighted by molar-refractivity contribution is 5.87. The van der Waals surface area contributed by atoms with Crippen LogP contribution in [-0.4, -0.2) is 11.5 Å². The third-order valence-electron chi connectivity index (χ3n) is 3.70. The Bertz CT molecular complexity index is 486. The van der Waals surface area contributed by atoms with Gasteiger partial charge in [-0.2, -0.15) is 0 Å². The molecule has 2 aromatic heterocycles. The van der Waals surface area contributed by atoms with Crippen LogP contribution in [-0.2, 0) is 0 Å². The molecule has 0 bridgehead atoms. The van der Waals surface area contributed by atoms with Crippen molar-refractivity contribution >= 4 is 16.8 Å². The highest BCUT2D eigenvalue weighted by Gasteiger charge is 2.14. The lowest BCUT2D eigenvalue weighted by molar-refractivity contribution is 0.518. The van der Waals surface area contributed by atoms with E-state index in [0.717, 1.165) is 29.2 Å². The topological polar surface area (TPSA) is 38.1 Å². The average Bonchev–Trinajstić information content (AvgIpc) is 2.99. The number of anilines is 1. The van der Waals surface area contributed by atoms with Gasteiger partial charge in [0.2, 0.25) is 0 Å². The summed E-state index contributed by atoms with van der Waals surface area (Å²) in [6.07, 6.45) is 10.4. The maximum Gasteiger partial charge on any atom is 0.139 e. The van der Waals surface area contributed by atoms with E-state index in [9.17, 15) is 0 Å². The Balaban J connectivity index is 1.62. The number of hydrogen-bond donors (Lipinski definition) is 1. The highest BCUT2D eigenvalue weighted by atomic mass is 16.3. The van der Waals surface area contributed by atoms with Gasteiger partial charge in [0.15, 0.2) is 0 Å². The van der Waals surface area contributed by atoms with Crippen LogP contribution in [0.3, 0.4) is 0 Å². The molecule has 1 fully saturated rings. The summed E-state index contributed by atoms with van der Waals surface area (Å²) < 4.78 is 5.36. The number of pyridine rings is 1. The third-order valence-corrected chi connectivity index (χ3v) is 3.70. The Morgan fingerprint density at radius 1 is 1.29 bits per heavy atom. The first-order chi connectivity index (χ1) is 8.43. The van der Waals surface area contributed by atoms with Crippen molar-refractivity contribution < 1.29 is 4.42 Å². The summed E-state index contributed by atoms with van der Waals surface area (Å²) in [4.78, 5) is 4.37. The molecule has 0 saturated heterocycles. The second-order valence-electron chi connectivity index (χ2n) is 4.86. The predicted octanol–water partition coefficient (Wildman–Crippen LogP) is 3.82. The van der Waals surface area contributed by atoms with E-state index in [1.165, 1.54) is 32.1 Å². The lowest BCUT2D eigenvalue weighted by Gasteiger charge is -2.10. The number of aromatic nitrogens is 1. The summed E-state index contributed by atoms with van der Waals surface area (Å²) >= 11 is 0. The summed E-state index contributed by atoms with van der Waals surface area (Å²) in [6.45, 7) is 1.02. The Morgan fingerprint density at radius 2 is 2.18 bits per heavy atom. The molecule has 0 aromatic carbocycles. The van der Waals surface area contributed by atoms with Crippen LogP contribution in [0.1, 0.15) is 32.1 Å². The molecule has 0 aliphatic heterocycles. The number of nitrogens with zero attached hydrogens (tertiary/aromatic N) is 1. The minimum atomic E-state index is 0.906. The molecule has 2 aromatic rings. The van der Waals surface area contributed by atoms with Crippen molar-refractivity contribution in [3.8, 4) is 0 Å². The maximum absolute atomic E-state index is 5.36. The van der Waals surface area contributed by atoms with E-state index in [2.05, 4.69) is 10.3 Å². The highest BCUT2D eigenvalue weighted by Crippen LogP contribution is 2.28. The van der Waals surface area contributed by atoms with Gasteiger partial charge in [-0.1, -0.05) is 25.7 Å². The van der Waals surface area contributed by atoms with Gasteiger partial charge in [0.1, 0.15) is 11.4 Å². The van der Waals surface area contributed by atoms with E-state index in [1.807, 2.05) is 12.1 Å². The minimum absolute atomic E-state index is 0.906. The van der Waals surface area contributed by atoms with Crippen LogP contribution < -0.4 is 5.32 Å². The molecule has 0 unspecified atom stereocenters. The molecular formula is C14H18N2O. The Kier molecular flexibility index (Phi) is 2.99. The molecule has 1 aliphatic carbocycles. The van der Waals surface area contributed by atoms with Crippen molar-refractivity contribution in [3.63, 3.8) is 0 Å². The number of rotatable bonds is 4. The van der Waals surface area contributed by atoms with E-state index in [-0.39, 0.29) is 0 Å². The van der Waals surface area contributed by atoms with E-state index in [0.29, 0.717) is 0 Å². The molecule has 3 rings (SSSR count). The van der Waals surface area contributed by atoms with E-state index >= 15 is 0 Å². The molecule has 3 heteroatoms. The Labute approximate surface area is 101 Å². The Hall–Kier alpha value is -1.51. The molecular weight excluding hydrogens is 212 g/mol. The first-order valence-electron chi connectivity index (χ1n) is 6.49. The standard InChI is InChI=1S/C14H18N2O/c1-2-4-11(3-1)5-8-15-14-12-7-10-17-13(12)6-9-16-14/h6-7,9-11H,1-5,8H2,(H,15,16). The number of furan rings is 1. The number of hydrogen-bond acceptors (Lipinski definition) is 3. The smallest absolute Gasteiger partial charge is 0.139 e. The zero-order valence-corrected chi connectivity index (χ0v) is 9.98. The maximum atomic E-state index is 5.36. The van der Waals surface area contributed by atoms with Gasteiger partial charge in [-0.25, -0.2) is 4.98 Å². The summed E-state index contributed by atoms with van der Waals surface area (Å²) in [6, 6.07) is 3.87. The van der Waals surface area contributed by atoms with Crippen molar-refractivity contribution in [2.45, 2.75) is 32.1 Å². The van der Waals surface area contributed by atoms with Crippen LogP contribution in [0.25, 0.3) is 11.0 Å². The van der Waals surface area contributed by atoms with Crippen LogP contribution >= 0.6 is 0 Å². The first-order valence-corrected chi connectivity index (χ1v) is 6.49. The molecule has 1 aliphatic rings. The fourth-order valence-electron chi connectivity index (χ4n) is 2.73.